The molecule has 0 aliphatic carbocycles. The molecule has 0 nitrogen and oxygen atoms in total. The van der Waals surface area contributed by atoms with E-state index in [9.17, 15) is 13.2 Å². The van der Waals surface area contributed by atoms with Gasteiger partial charge in [0.25, 0.3) is 0 Å². The Morgan fingerprint density at radius 1 is 1.11 bits per heavy atom. The molecule has 1 atom stereocenters. The van der Waals surface area contributed by atoms with Gasteiger partial charge in [-0.05, 0) is 23.8 Å². The monoisotopic (exact) mass is 354 g/mol. The number of benzene rings is 1. The third kappa shape index (κ3) is 2.90. The highest BCUT2D eigenvalue weighted by molar-refractivity contribution is 9.09. The SMILES string of the molecule is FC(F)(F)c1ccccc1C(Br)c1ccc(Cl)s1. The number of hydrogen-bond acceptors (Lipinski definition) is 1. The van der Waals surface area contributed by atoms with Crippen LogP contribution in [-0.4, -0.2) is 0 Å². The molecular weight excluding hydrogens is 349 g/mol. The van der Waals surface area contributed by atoms with Gasteiger partial charge in [0.05, 0.1) is 14.7 Å². The Kier molecular flexibility index (Phi) is 4.04. The van der Waals surface area contributed by atoms with E-state index < -0.39 is 16.6 Å². The zero-order valence-electron chi connectivity index (χ0n) is 8.84. The van der Waals surface area contributed by atoms with E-state index in [1.807, 2.05) is 0 Å². The minimum Gasteiger partial charge on any atom is -0.166 e. The van der Waals surface area contributed by atoms with Gasteiger partial charge in [-0.25, -0.2) is 0 Å². The van der Waals surface area contributed by atoms with Gasteiger partial charge >= 0.3 is 6.18 Å². The van der Waals surface area contributed by atoms with Gasteiger partial charge in [-0.3, -0.25) is 0 Å². The lowest BCUT2D eigenvalue weighted by atomic mass is 10.0. The van der Waals surface area contributed by atoms with E-state index in [1.54, 1.807) is 18.2 Å². The van der Waals surface area contributed by atoms with E-state index in [0.29, 0.717) is 4.34 Å². The molecule has 0 aliphatic rings. The van der Waals surface area contributed by atoms with Crippen molar-refractivity contribution < 1.29 is 13.2 Å². The van der Waals surface area contributed by atoms with Crippen LogP contribution in [0.2, 0.25) is 4.34 Å². The quantitative estimate of drug-likeness (QED) is 0.588. The van der Waals surface area contributed by atoms with Crippen LogP contribution in [-0.2, 0) is 6.18 Å². The fourth-order valence-electron chi connectivity index (χ4n) is 1.59. The summed E-state index contributed by atoms with van der Waals surface area (Å²) < 4.78 is 39.2. The van der Waals surface area contributed by atoms with Crippen LogP contribution in [0.3, 0.4) is 0 Å². The summed E-state index contributed by atoms with van der Waals surface area (Å²) in [7, 11) is 0. The molecular formula is C12H7BrClF3S. The predicted molar refractivity (Wildman–Crippen MR) is 71.5 cm³/mol. The molecule has 0 aliphatic heterocycles. The molecule has 96 valence electrons. The molecule has 18 heavy (non-hydrogen) atoms. The van der Waals surface area contributed by atoms with Crippen molar-refractivity contribution in [3.05, 3.63) is 56.7 Å². The van der Waals surface area contributed by atoms with E-state index in [-0.39, 0.29) is 5.56 Å². The standard InChI is InChI=1S/C12H7BrClF3S/c13-11(9-5-6-10(14)18-9)7-3-1-2-4-8(7)12(15,16)17/h1-6,11H. The van der Waals surface area contributed by atoms with E-state index in [2.05, 4.69) is 15.9 Å². The first-order valence-corrected chi connectivity index (χ1v) is 7.06. The molecule has 2 rings (SSSR count). The lowest BCUT2D eigenvalue weighted by molar-refractivity contribution is -0.138. The molecule has 0 saturated heterocycles. The second-order valence-electron chi connectivity index (χ2n) is 3.59. The summed E-state index contributed by atoms with van der Waals surface area (Å²) in [5.74, 6) is 0. The first-order chi connectivity index (χ1) is 8.39. The van der Waals surface area contributed by atoms with Crippen LogP contribution in [0.25, 0.3) is 0 Å². The maximum Gasteiger partial charge on any atom is 0.416 e. The molecule has 1 aromatic carbocycles. The van der Waals surface area contributed by atoms with Gasteiger partial charge < -0.3 is 0 Å². The largest absolute Gasteiger partial charge is 0.416 e. The molecule has 0 amide bonds. The Hall–Kier alpha value is -0.520. The van der Waals surface area contributed by atoms with Crippen LogP contribution in [0.15, 0.2) is 36.4 Å². The van der Waals surface area contributed by atoms with Gasteiger partial charge in [0.2, 0.25) is 0 Å². The highest BCUT2D eigenvalue weighted by Gasteiger charge is 2.34. The normalized spacial score (nSPS) is 13.6. The van der Waals surface area contributed by atoms with E-state index >= 15 is 0 Å². The third-order valence-electron chi connectivity index (χ3n) is 2.38. The topological polar surface area (TPSA) is 0 Å². The molecule has 0 bridgehead atoms. The first kappa shape index (κ1) is 13.9. The first-order valence-electron chi connectivity index (χ1n) is 4.95. The Bertz CT molecular complexity index is 550. The van der Waals surface area contributed by atoms with Crippen LogP contribution in [0.4, 0.5) is 13.2 Å². The van der Waals surface area contributed by atoms with Gasteiger partial charge in [0.1, 0.15) is 0 Å². The van der Waals surface area contributed by atoms with Crippen molar-refractivity contribution in [1.29, 1.82) is 0 Å². The van der Waals surface area contributed by atoms with Crippen LogP contribution in [0.1, 0.15) is 20.8 Å². The fraction of sp³-hybridized carbons (Fsp3) is 0.167. The summed E-state index contributed by atoms with van der Waals surface area (Å²) in [4.78, 5) is 0.240. The van der Waals surface area contributed by atoms with Crippen molar-refractivity contribution in [2.75, 3.05) is 0 Å². The van der Waals surface area contributed by atoms with E-state index in [4.69, 9.17) is 11.6 Å². The fourth-order valence-corrected chi connectivity index (χ4v) is 3.48. The molecule has 0 saturated carbocycles. The summed E-state index contributed by atoms with van der Waals surface area (Å²) in [6, 6.07) is 8.92. The van der Waals surface area contributed by atoms with E-state index in [0.717, 1.165) is 10.9 Å². The van der Waals surface area contributed by atoms with Crippen LogP contribution >= 0.6 is 38.9 Å². The summed E-state index contributed by atoms with van der Waals surface area (Å²) in [5, 5.41) is 0. The average Bonchev–Trinajstić information content (AvgIpc) is 2.74. The highest BCUT2D eigenvalue weighted by atomic mass is 79.9. The predicted octanol–water partition coefficient (Wildman–Crippen LogP) is 5.90. The molecule has 0 radical (unpaired) electrons. The Balaban J connectivity index is 2.45. The lowest BCUT2D eigenvalue weighted by Gasteiger charge is -2.16. The summed E-state index contributed by atoms with van der Waals surface area (Å²) in [6.07, 6.45) is -4.36. The number of thiophene rings is 1. The summed E-state index contributed by atoms with van der Waals surface area (Å²) in [6.45, 7) is 0. The Morgan fingerprint density at radius 3 is 2.33 bits per heavy atom. The molecule has 6 heteroatoms. The summed E-state index contributed by atoms with van der Waals surface area (Å²) in [5.41, 5.74) is -0.431. The molecule has 1 aromatic heterocycles. The molecule has 2 aromatic rings. The number of alkyl halides is 4. The molecule has 1 unspecified atom stereocenters. The van der Waals surface area contributed by atoms with Crippen LogP contribution < -0.4 is 0 Å². The van der Waals surface area contributed by atoms with Gasteiger partial charge in [-0.2, -0.15) is 13.2 Å². The maximum atomic E-state index is 12.9. The Morgan fingerprint density at radius 2 is 1.78 bits per heavy atom. The lowest BCUT2D eigenvalue weighted by Crippen LogP contribution is -2.10. The second kappa shape index (κ2) is 5.23. The van der Waals surface area contributed by atoms with Crippen molar-refractivity contribution in [2.45, 2.75) is 11.0 Å². The third-order valence-corrected chi connectivity index (χ3v) is 4.97. The average molecular weight is 356 g/mol. The summed E-state index contributed by atoms with van der Waals surface area (Å²) >= 11 is 10.4. The van der Waals surface area contributed by atoms with E-state index in [1.165, 1.54) is 23.5 Å². The van der Waals surface area contributed by atoms with Crippen LogP contribution in [0, 0.1) is 0 Å². The smallest absolute Gasteiger partial charge is 0.166 e. The van der Waals surface area contributed by atoms with Crippen molar-refractivity contribution >= 4 is 38.9 Å². The maximum absolute atomic E-state index is 12.9. The number of rotatable bonds is 2. The number of halogens is 5. The molecule has 0 N–H and O–H groups in total. The van der Waals surface area contributed by atoms with Gasteiger partial charge in [-0.1, -0.05) is 45.7 Å². The minimum absolute atomic E-state index is 0.198. The van der Waals surface area contributed by atoms with Crippen LogP contribution in [0.5, 0.6) is 0 Å². The van der Waals surface area contributed by atoms with Crippen molar-refractivity contribution in [1.82, 2.24) is 0 Å². The van der Waals surface area contributed by atoms with Crippen molar-refractivity contribution in [3.63, 3.8) is 0 Å². The molecule has 0 fully saturated rings. The van der Waals surface area contributed by atoms with Crippen molar-refractivity contribution in [3.8, 4) is 0 Å². The minimum atomic E-state index is -4.36. The molecule has 1 heterocycles. The Labute approximate surface area is 120 Å². The second-order valence-corrected chi connectivity index (χ2v) is 6.25. The number of hydrogen-bond donors (Lipinski definition) is 0. The molecule has 0 spiro atoms. The van der Waals surface area contributed by atoms with Crippen molar-refractivity contribution in [2.24, 2.45) is 0 Å². The zero-order chi connectivity index (χ0) is 13.3. The zero-order valence-corrected chi connectivity index (χ0v) is 12.0. The van der Waals surface area contributed by atoms with Gasteiger partial charge in [-0.15, -0.1) is 11.3 Å². The highest BCUT2D eigenvalue weighted by Crippen LogP contribution is 2.42. The van der Waals surface area contributed by atoms with Gasteiger partial charge in [0, 0.05) is 4.88 Å². The van der Waals surface area contributed by atoms with Gasteiger partial charge in [0.15, 0.2) is 0 Å².